The van der Waals surface area contributed by atoms with Crippen LogP contribution in [-0.2, 0) is 20.7 Å². The molecule has 0 unspecified atom stereocenters. The van der Waals surface area contributed by atoms with Crippen molar-refractivity contribution >= 4 is 29.9 Å². The van der Waals surface area contributed by atoms with Crippen molar-refractivity contribution in [3.05, 3.63) is 29.8 Å². The molecule has 0 radical (unpaired) electrons. The fraction of sp³-hybridized carbons (Fsp3) is 0.529. The summed E-state index contributed by atoms with van der Waals surface area (Å²) in [4.78, 5) is 26.7. The quantitative estimate of drug-likeness (QED) is 0.843. The Morgan fingerprint density at radius 3 is 2.71 bits per heavy atom. The van der Waals surface area contributed by atoms with Crippen LogP contribution in [0.1, 0.15) is 18.4 Å². The van der Waals surface area contributed by atoms with Gasteiger partial charge in [0.15, 0.2) is 0 Å². The van der Waals surface area contributed by atoms with Gasteiger partial charge in [0.2, 0.25) is 5.91 Å². The molecule has 1 fully saturated rings. The lowest BCUT2D eigenvalue weighted by atomic mass is 9.91. The van der Waals surface area contributed by atoms with Crippen LogP contribution < -0.4 is 15.5 Å². The highest BCUT2D eigenvalue weighted by Gasteiger charge is 2.40. The van der Waals surface area contributed by atoms with Crippen LogP contribution in [0.3, 0.4) is 0 Å². The lowest BCUT2D eigenvalue weighted by molar-refractivity contribution is -0.147. The van der Waals surface area contributed by atoms with E-state index in [4.69, 9.17) is 4.74 Å². The molecule has 0 saturated carbocycles. The molecule has 0 bridgehead atoms. The van der Waals surface area contributed by atoms with Crippen molar-refractivity contribution in [3.63, 3.8) is 0 Å². The molecule has 2 heterocycles. The van der Waals surface area contributed by atoms with E-state index in [1.807, 2.05) is 24.3 Å². The van der Waals surface area contributed by atoms with E-state index in [1.54, 1.807) is 12.0 Å². The molecule has 0 aromatic heterocycles. The van der Waals surface area contributed by atoms with Gasteiger partial charge in [0.25, 0.3) is 5.91 Å². The fourth-order valence-electron chi connectivity index (χ4n) is 3.36. The number of benzene rings is 1. The first kappa shape index (κ1) is 18.7. The van der Waals surface area contributed by atoms with Crippen LogP contribution in [0, 0.1) is 0 Å². The standard InChI is InChI=1S/C17H23N3O3.ClH/c1-23-17(7-9-18-10-8-17)16(22)19-12-15(21)20-11-6-13-4-2-3-5-14(13)20;/h2-5,18H,6-12H2,1H3,(H,19,22);1H. The molecule has 2 aliphatic heterocycles. The second-order valence-corrected chi connectivity index (χ2v) is 6.06. The molecule has 2 amide bonds. The molecule has 2 aliphatic rings. The molecule has 0 atom stereocenters. The molecule has 1 aromatic rings. The van der Waals surface area contributed by atoms with Crippen LogP contribution >= 0.6 is 12.4 Å². The molecule has 24 heavy (non-hydrogen) atoms. The average Bonchev–Trinajstić information content (AvgIpc) is 3.04. The van der Waals surface area contributed by atoms with Gasteiger partial charge < -0.3 is 20.3 Å². The van der Waals surface area contributed by atoms with Gasteiger partial charge in [-0.1, -0.05) is 18.2 Å². The molecular formula is C17H24ClN3O3. The summed E-state index contributed by atoms with van der Waals surface area (Å²) in [5.74, 6) is -0.272. The van der Waals surface area contributed by atoms with E-state index in [0.717, 1.165) is 25.2 Å². The summed E-state index contributed by atoms with van der Waals surface area (Å²) in [6, 6.07) is 7.90. The molecule has 0 aliphatic carbocycles. The number of carbonyl (C=O) groups is 2. The van der Waals surface area contributed by atoms with Crippen LogP contribution in [0.5, 0.6) is 0 Å². The second-order valence-electron chi connectivity index (χ2n) is 6.06. The van der Waals surface area contributed by atoms with Gasteiger partial charge in [-0.15, -0.1) is 12.4 Å². The van der Waals surface area contributed by atoms with Gasteiger partial charge in [-0.3, -0.25) is 9.59 Å². The van der Waals surface area contributed by atoms with Crippen LogP contribution in [-0.4, -0.2) is 50.7 Å². The first-order chi connectivity index (χ1) is 11.2. The Bertz CT molecular complexity index is 602. The average molecular weight is 354 g/mol. The number of carbonyl (C=O) groups excluding carboxylic acids is 2. The number of hydrogen-bond acceptors (Lipinski definition) is 4. The number of piperidine rings is 1. The van der Waals surface area contributed by atoms with E-state index in [9.17, 15) is 9.59 Å². The van der Waals surface area contributed by atoms with Gasteiger partial charge in [-0.05, 0) is 44.0 Å². The van der Waals surface area contributed by atoms with Crippen molar-refractivity contribution in [1.29, 1.82) is 0 Å². The number of fused-ring (bicyclic) bond motifs is 1. The number of methoxy groups -OCH3 is 1. The van der Waals surface area contributed by atoms with Crippen LogP contribution in [0.25, 0.3) is 0 Å². The highest BCUT2D eigenvalue weighted by Crippen LogP contribution is 2.27. The SMILES string of the molecule is COC1(C(=O)NCC(=O)N2CCc3ccccc32)CCNCC1.Cl. The number of amides is 2. The van der Waals surface area contributed by atoms with E-state index < -0.39 is 5.60 Å². The monoisotopic (exact) mass is 353 g/mol. The lowest BCUT2D eigenvalue weighted by Crippen LogP contribution is -2.55. The first-order valence-electron chi connectivity index (χ1n) is 8.09. The zero-order valence-electron chi connectivity index (χ0n) is 13.8. The summed E-state index contributed by atoms with van der Waals surface area (Å²) in [6.45, 7) is 2.17. The largest absolute Gasteiger partial charge is 0.368 e. The van der Waals surface area contributed by atoms with E-state index in [1.165, 1.54) is 5.56 Å². The van der Waals surface area contributed by atoms with Gasteiger partial charge in [0.05, 0.1) is 6.54 Å². The Morgan fingerprint density at radius 1 is 1.29 bits per heavy atom. The summed E-state index contributed by atoms with van der Waals surface area (Å²) in [7, 11) is 1.56. The third kappa shape index (κ3) is 3.55. The number of rotatable bonds is 4. The first-order valence-corrected chi connectivity index (χ1v) is 8.09. The number of nitrogens with one attached hydrogen (secondary N) is 2. The Kier molecular flexibility index (Phi) is 6.21. The summed E-state index contributed by atoms with van der Waals surface area (Å²) >= 11 is 0. The van der Waals surface area contributed by atoms with Gasteiger partial charge in [0.1, 0.15) is 5.60 Å². The normalized spacial score (nSPS) is 18.5. The third-order valence-electron chi connectivity index (χ3n) is 4.80. The van der Waals surface area contributed by atoms with Crippen molar-refractivity contribution in [2.75, 3.05) is 38.2 Å². The number of ether oxygens (including phenoxy) is 1. The van der Waals surface area contributed by atoms with Crippen molar-refractivity contribution < 1.29 is 14.3 Å². The molecule has 132 valence electrons. The van der Waals surface area contributed by atoms with Crippen LogP contribution in [0.15, 0.2) is 24.3 Å². The number of anilines is 1. The summed E-state index contributed by atoms with van der Waals surface area (Å²) in [5, 5.41) is 5.98. The summed E-state index contributed by atoms with van der Waals surface area (Å²) < 4.78 is 5.48. The predicted molar refractivity (Wildman–Crippen MR) is 94.6 cm³/mol. The molecule has 2 N–H and O–H groups in total. The maximum Gasteiger partial charge on any atom is 0.252 e. The Morgan fingerprint density at radius 2 is 2.00 bits per heavy atom. The van der Waals surface area contributed by atoms with Crippen LogP contribution in [0.2, 0.25) is 0 Å². The molecular weight excluding hydrogens is 330 g/mol. The molecule has 6 nitrogen and oxygen atoms in total. The topological polar surface area (TPSA) is 70.7 Å². The number of halogens is 1. The summed E-state index contributed by atoms with van der Waals surface area (Å²) in [6.07, 6.45) is 2.11. The second kappa shape index (κ2) is 7.96. The van der Waals surface area contributed by atoms with Crippen molar-refractivity contribution in [2.24, 2.45) is 0 Å². The van der Waals surface area contributed by atoms with Crippen LogP contribution in [0.4, 0.5) is 5.69 Å². The van der Waals surface area contributed by atoms with E-state index in [-0.39, 0.29) is 30.8 Å². The Hall–Kier alpha value is -1.63. The maximum atomic E-state index is 12.5. The number of hydrogen-bond donors (Lipinski definition) is 2. The minimum atomic E-state index is -0.811. The highest BCUT2D eigenvalue weighted by molar-refractivity contribution is 5.99. The third-order valence-corrected chi connectivity index (χ3v) is 4.80. The minimum absolute atomic E-state index is 0. The maximum absolute atomic E-state index is 12.5. The summed E-state index contributed by atoms with van der Waals surface area (Å²) in [5.41, 5.74) is 1.32. The fourth-order valence-corrected chi connectivity index (χ4v) is 3.36. The predicted octanol–water partition coefficient (Wildman–Crippen LogP) is 0.882. The molecule has 1 aromatic carbocycles. The molecule has 0 spiro atoms. The van der Waals surface area contributed by atoms with Gasteiger partial charge >= 0.3 is 0 Å². The van der Waals surface area contributed by atoms with Gasteiger partial charge in [-0.2, -0.15) is 0 Å². The number of nitrogens with zero attached hydrogens (tertiary/aromatic N) is 1. The minimum Gasteiger partial charge on any atom is -0.368 e. The van der Waals surface area contributed by atoms with E-state index in [0.29, 0.717) is 19.4 Å². The van der Waals surface area contributed by atoms with E-state index in [2.05, 4.69) is 10.6 Å². The van der Waals surface area contributed by atoms with Gasteiger partial charge in [0, 0.05) is 19.3 Å². The molecule has 3 rings (SSSR count). The highest BCUT2D eigenvalue weighted by atomic mass is 35.5. The van der Waals surface area contributed by atoms with Crippen molar-refractivity contribution in [2.45, 2.75) is 24.9 Å². The molecule has 7 heteroatoms. The van der Waals surface area contributed by atoms with Crippen molar-refractivity contribution in [3.8, 4) is 0 Å². The van der Waals surface area contributed by atoms with Crippen molar-refractivity contribution in [1.82, 2.24) is 10.6 Å². The lowest BCUT2D eigenvalue weighted by Gasteiger charge is -2.34. The van der Waals surface area contributed by atoms with E-state index >= 15 is 0 Å². The zero-order valence-corrected chi connectivity index (χ0v) is 14.7. The van der Waals surface area contributed by atoms with Gasteiger partial charge in [-0.25, -0.2) is 0 Å². The molecule has 1 saturated heterocycles. The Balaban J connectivity index is 0.00000208. The zero-order chi connectivity index (χ0) is 16.3. The smallest absolute Gasteiger partial charge is 0.252 e. The number of para-hydroxylation sites is 1. The Labute approximate surface area is 148 Å².